The van der Waals surface area contributed by atoms with E-state index in [1.165, 1.54) is 24.5 Å². The van der Waals surface area contributed by atoms with Crippen LogP contribution in [0, 0.1) is 0 Å². The van der Waals surface area contributed by atoms with Gasteiger partial charge >= 0.3 is 6.18 Å². The van der Waals surface area contributed by atoms with Crippen LogP contribution >= 0.6 is 23.2 Å². The van der Waals surface area contributed by atoms with Gasteiger partial charge in [-0.1, -0.05) is 29.3 Å². The summed E-state index contributed by atoms with van der Waals surface area (Å²) in [6.45, 7) is 0.0933. The average molecular weight is 459 g/mol. The van der Waals surface area contributed by atoms with E-state index in [0.717, 1.165) is 4.68 Å². The molecule has 0 bridgehead atoms. The molecule has 1 amide bonds. The van der Waals surface area contributed by atoms with Crippen molar-refractivity contribution in [1.29, 1.82) is 0 Å². The van der Waals surface area contributed by atoms with Gasteiger partial charge in [0.25, 0.3) is 5.91 Å². The number of hydrogen-bond donors (Lipinski definition) is 2. The van der Waals surface area contributed by atoms with Crippen LogP contribution < -0.4 is 10.6 Å². The number of anilines is 1. The lowest BCUT2D eigenvalue weighted by Gasteiger charge is -2.33. The Morgan fingerprint density at radius 3 is 2.73 bits per heavy atom. The topological polar surface area (TPSA) is 72.1 Å². The normalized spacial score (nSPS) is 18.6. The summed E-state index contributed by atoms with van der Waals surface area (Å²) >= 11 is 11.9. The van der Waals surface area contributed by atoms with Crippen LogP contribution in [0.3, 0.4) is 0 Å². The van der Waals surface area contributed by atoms with E-state index in [0.29, 0.717) is 16.3 Å². The summed E-state index contributed by atoms with van der Waals surface area (Å²) in [4.78, 5) is 12.4. The molecule has 6 nitrogen and oxygen atoms in total. The highest BCUT2D eigenvalue weighted by Crippen LogP contribution is 2.44. The number of halogens is 5. The quantitative estimate of drug-likeness (QED) is 0.550. The zero-order valence-electron chi connectivity index (χ0n) is 15.2. The molecule has 2 N–H and O–H groups in total. The summed E-state index contributed by atoms with van der Waals surface area (Å²) in [5, 5.41) is 10.0. The second-order valence-corrected chi connectivity index (χ2v) is 7.60. The van der Waals surface area contributed by atoms with Crippen molar-refractivity contribution >= 4 is 34.9 Å². The van der Waals surface area contributed by atoms with Gasteiger partial charge in [0.15, 0.2) is 11.7 Å². The first kappa shape index (κ1) is 20.6. The highest BCUT2D eigenvalue weighted by Gasteiger charge is 2.46. The second-order valence-electron chi connectivity index (χ2n) is 6.79. The highest BCUT2D eigenvalue weighted by atomic mass is 35.5. The Morgan fingerprint density at radius 2 is 2.07 bits per heavy atom. The van der Waals surface area contributed by atoms with Crippen LogP contribution in [0.4, 0.5) is 19.0 Å². The largest absolute Gasteiger partial charge is 0.467 e. The van der Waals surface area contributed by atoms with Gasteiger partial charge in [0.1, 0.15) is 11.6 Å². The maximum absolute atomic E-state index is 13.7. The van der Waals surface area contributed by atoms with Gasteiger partial charge in [0.2, 0.25) is 0 Å². The maximum Gasteiger partial charge on any atom is 0.410 e. The van der Waals surface area contributed by atoms with Gasteiger partial charge in [-0.15, -0.1) is 0 Å². The lowest BCUT2D eigenvalue weighted by molar-refractivity contribution is -0.173. The Hall–Kier alpha value is -2.65. The van der Waals surface area contributed by atoms with Crippen LogP contribution in [0.5, 0.6) is 0 Å². The van der Waals surface area contributed by atoms with Gasteiger partial charge in [-0.25, -0.2) is 4.68 Å². The molecule has 0 saturated heterocycles. The van der Waals surface area contributed by atoms with Gasteiger partial charge in [0.05, 0.1) is 28.9 Å². The minimum absolute atomic E-state index is 0.0859. The summed E-state index contributed by atoms with van der Waals surface area (Å²) in [5.41, 5.74) is 0.419. The molecule has 1 aliphatic heterocycles. The maximum atomic E-state index is 13.7. The number of fused-ring (bicyclic) bond motifs is 1. The Balaban J connectivity index is 1.61. The molecule has 0 aliphatic carbocycles. The van der Waals surface area contributed by atoms with E-state index in [1.54, 1.807) is 18.2 Å². The number of rotatable bonds is 4. The molecule has 158 valence electrons. The molecule has 0 fully saturated rings. The van der Waals surface area contributed by atoms with Crippen LogP contribution in [-0.4, -0.2) is 21.9 Å². The number of nitrogens with zero attached hydrogens (tertiary/aromatic N) is 2. The van der Waals surface area contributed by atoms with E-state index in [4.69, 9.17) is 27.6 Å². The van der Waals surface area contributed by atoms with Crippen molar-refractivity contribution in [3.8, 4) is 0 Å². The molecule has 0 saturated carbocycles. The molecular formula is C19H15Cl2F3N4O2. The highest BCUT2D eigenvalue weighted by molar-refractivity contribution is 6.42. The van der Waals surface area contributed by atoms with Crippen molar-refractivity contribution in [3.05, 3.63) is 69.7 Å². The van der Waals surface area contributed by atoms with Gasteiger partial charge < -0.3 is 15.1 Å². The minimum atomic E-state index is -4.56. The molecule has 30 heavy (non-hydrogen) atoms. The fourth-order valence-corrected chi connectivity index (χ4v) is 3.61. The number of furan rings is 1. The predicted molar refractivity (Wildman–Crippen MR) is 105 cm³/mol. The molecule has 3 heterocycles. The fourth-order valence-electron chi connectivity index (χ4n) is 3.30. The number of amides is 1. The Labute approximate surface area is 178 Å². The number of alkyl halides is 3. The summed E-state index contributed by atoms with van der Waals surface area (Å²) < 4.78 is 47.2. The molecule has 0 unspecified atom stereocenters. The molecule has 2 aromatic heterocycles. The average Bonchev–Trinajstić information content (AvgIpc) is 3.36. The summed E-state index contributed by atoms with van der Waals surface area (Å²) in [7, 11) is 0. The number of benzene rings is 1. The van der Waals surface area contributed by atoms with Crippen LogP contribution in [0.1, 0.15) is 40.3 Å². The van der Waals surface area contributed by atoms with Crippen molar-refractivity contribution < 1.29 is 22.4 Å². The molecule has 0 spiro atoms. The third kappa shape index (κ3) is 4.13. The smallest absolute Gasteiger partial charge is 0.410 e. The zero-order valence-corrected chi connectivity index (χ0v) is 16.7. The van der Waals surface area contributed by atoms with E-state index in [9.17, 15) is 18.0 Å². The molecule has 4 rings (SSSR count). The molecule has 1 aromatic carbocycles. The van der Waals surface area contributed by atoms with Crippen LogP contribution in [0.15, 0.2) is 47.1 Å². The minimum Gasteiger partial charge on any atom is -0.467 e. The molecule has 1 aliphatic rings. The lowest BCUT2D eigenvalue weighted by atomic mass is 9.97. The summed E-state index contributed by atoms with van der Waals surface area (Å²) in [6.07, 6.45) is -3.42. The van der Waals surface area contributed by atoms with Crippen molar-refractivity contribution in [2.45, 2.75) is 31.2 Å². The van der Waals surface area contributed by atoms with Crippen molar-refractivity contribution in [1.82, 2.24) is 15.1 Å². The van der Waals surface area contributed by atoms with E-state index in [-0.39, 0.29) is 29.5 Å². The molecule has 0 radical (unpaired) electrons. The Kier molecular flexibility index (Phi) is 5.42. The summed E-state index contributed by atoms with van der Waals surface area (Å²) in [6, 6.07) is 6.71. The van der Waals surface area contributed by atoms with Crippen molar-refractivity contribution in [3.63, 3.8) is 0 Å². The van der Waals surface area contributed by atoms with Crippen LogP contribution in [-0.2, 0) is 6.54 Å². The van der Waals surface area contributed by atoms with Crippen molar-refractivity contribution in [2.24, 2.45) is 0 Å². The third-order valence-corrected chi connectivity index (χ3v) is 5.51. The lowest BCUT2D eigenvalue weighted by Crippen LogP contribution is -2.35. The van der Waals surface area contributed by atoms with E-state index >= 15 is 0 Å². The number of nitrogens with one attached hydrogen (secondary N) is 2. The standard InChI is InChI=1S/C19H15Cl2F3N4O2/c20-12-4-3-10(6-13(12)21)14-7-16(19(22,23)24)28-17(26-14)8-15(27-28)18(29)25-9-11-2-1-5-30-11/h1-6,8,14,16,26H,7,9H2,(H,25,29)/t14-,16+/m0/s1. The molecule has 3 aromatic rings. The van der Waals surface area contributed by atoms with Gasteiger partial charge in [-0.05, 0) is 29.8 Å². The first-order chi connectivity index (χ1) is 14.2. The van der Waals surface area contributed by atoms with E-state index in [1.807, 2.05) is 0 Å². The monoisotopic (exact) mass is 458 g/mol. The first-order valence-corrected chi connectivity index (χ1v) is 9.66. The van der Waals surface area contributed by atoms with Gasteiger partial charge in [-0.3, -0.25) is 4.79 Å². The third-order valence-electron chi connectivity index (χ3n) is 4.77. The Bertz CT molecular complexity index is 1070. The first-order valence-electron chi connectivity index (χ1n) is 8.90. The van der Waals surface area contributed by atoms with E-state index in [2.05, 4.69) is 15.7 Å². The number of aromatic nitrogens is 2. The van der Waals surface area contributed by atoms with Crippen LogP contribution in [0.25, 0.3) is 0 Å². The van der Waals surface area contributed by atoms with Gasteiger partial charge in [-0.2, -0.15) is 18.3 Å². The SMILES string of the molecule is O=C(NCc1ccco1)c1cc2n(n1)[C@@H](C(F)(F)F)C[C@@H](c1ccc(Cl)c(Cl)c1)N2. The fraction of sp³-hybridized carbons (Fsp3) is 0.263. The number of carbonyl (C=O) groups is 1. The van der Waals surface area contributed by atoms with Crippen molar-refractivity contribution in [2.75, 3.05) is 5.32 Å². The molecule has 2 atom stereocenters. The number of carbonyl (C=O) groups excluding carboxylic acids is 1. The predicted octanol–water partition coefficient (Wildman–Crippen LogP) is 5.37. The molecular weight excluding hydrogens is 444 g/mol. The van der Waals surface area contributed by atoms with Gasteiger partial charge in [0, 0.05) is 12.5 Å². The van der Waals surface area contributed by atoms with Crippen LogP contribution in [0.2, 0.25) is 10.0 Å². The zero-order chi connectivity index (χ0) is 21.5. The molecule has 11 heteroatoms. The number of hydrogen-bond acceptors (Lipinski definition) is 4. The Morgan fingerprint density at radius 1 is 1.27 bits per heavy atom. The van der Waals surface area contributed by atoms with E-state index < -0.39 is 24.2 Å². The summed E-state index contributed by atoms with van der Waals surface area (Å²) in [5.74, 6) is -0.0109. The second kappa shape index (κ2) is 7.88.